The van der Waals surface area contributed by atoms with Gasteiger partial charge in [-0.2, -0.15) is 0 Å². The van der Waals surface area contributed by atoms with Crippen LogP contribution >= 0.6 is 9.90 Å². The quantitative estimate of drug-likeness (QED) is 0.337. The summed E-state index contributed by atoms with van der Waals surface area (Å²) in [5.74, 6) is 0. The van der Waals surface area contributed by atoms with Gasteiger partial charge in [-0.15, -0.1) is 0 Å². The minimum Gasteiger partial charge on any atom is -0.577 e. The van der Waals surface area contributed by atoms with Crippen LogP contribution in [0, 0.1) is 36.9 Å². The first-order valence-corrected chi connectivity index (χ1v) is 0. The molecule has 0 aliphatic carbocycles. The Morgan fingerprint density at radius 3 is 1.00 bits per heavy atom. The molecule has 0 saturated heterocycles. The second kappa shape index (κ2) is 15.8. The third kappa shape index (κ3) is 9.30. The maximum Gasteiger partial charge on any atom is 1.00 e. The molecule has 0 atom stereocenters. The van der Waals surface area contributed by atoms with E-state index in [9.17, 15) is 0 Å². The van der Waals surface area contributed by atoms with Crippen molar-refractivity contribution in [1.29, 1.82) is 0 Å². The van der Waals surface area contributed by atoms with Crippen molar-refractivity contribution in [3.63, 3.8) is 0 Å². The molecule has 0 rings (SSSR count). The molecule has 0 aliphatic heterocycles. The molecule has 2 radical (unpaired) electrons. The van der Waals surface area contributed by atoms with Crippen molar-refractivity contribution in [1.82, 2.24) is 0 Å². The second-order valence-corrected chi connectivity index (χ2v) is 0. The summed E-state index contributed by atoms with van der Waals surface area (Å²) >= 11 is 0. The molecule has 0 bridgehead atoms. The van der Waals surface area contributed by atoms with E-state index >= 15 is 0 Å². The summed E-state index contributed by atoms with van der Waals surface area (Å²) in [6, 6.07) is 0. The summed E-state index contributed by atoms with van der Waals surface area (Å²) in [7, 11) is 0. The Morgan fingerprint density at radius 2 is 1.00 bits per heavy atom. The number of rotatable bonds is 0. The van der Waals surface area contributed by atoms with E-state index in [1.54, 1.807) is 0 Å². The molecule has 0 aromatic carbocycles. The van der Waals surface area contributed by atoms with Gasteiger partial charge in [0, 0.05) is 55.4 Å². The summed E-state index contributed by atoms with van der Waals surface area (Å²) in [4.78, 5) is 0. The normalized spacial score (nSPS) is 0. The monoisotopic (exact) mass is 292 g/mol. The van der Waals surface area contributed by atoms with Crippen molar-refractivity contribution in [3.05, 3.63) is 0 Å². The van der Waals surface area contributed by atoms with Gasteiger partial charge >= 0.3 is 51.4 Å². The van der Waals surface area contributed by atoms with Crippen LogP contribution < -0.4 is 51.4 Å². The van der Waals surface area contributed by atoms with Crippen LogP contribution in [0.5, 0.6) is 0 Å². The minimum absolute atomic E-state index is 0. The van der Waals surface area contributed by atoms with E-state index in [1.807, 2.05) is 0 Å². The predicted octanol–water partition coefficient (Wildman–Crippen LogP) is -2.67. The Bertz CT molecular complexity index is 8.00. The maximum atomic E-state index is 0. The standard InChI is InChI=1S/K.H2P.Tm.V/h;1H2;;/q+1;-1;;. The summed E-state index contributed by atoms with van der Waals surface area (Å²) in [6.07, 6.45) is 0. The van der Waals surface area contributed by atoms with Crippen molar-refractivity contribution >= 4 is 9.90 Å². The molecule has 0 fully saturated rings. The molecule has 0 unspecified atom stereocenters. The average molecular weight is 292 g/mol. The molecule has 26 valence electrons. The van der Waals surface area contributed by atoms with Crippen molar-refractivity contribution in [2.24, 2.45) is 0 Å². The minimum atomic E-state index is 0. The van der Waals surface area contributed by atoms with Gasteiger partial charge in [-0.05, 0) is 0 Å². The van der Waals surface area contributed by atoms with E-state index in [0.29, 0.717) is 0 Å². The van der Waals surface area contributed by atoms with Gasteiger partial charge in [-0.1, -0.05) is 0 Å². The fraction of sp³-hybridized carbons (Fsp3) is 0. The van der Waals surface area contributed by atoms with Crippen LogP contribution in [0.1, 0.15) is 0 Å². The van der Waals surface area contributed by atoms with Gasteiger partial charge in [0.2, 0.25) is 0 Å². The Kier molecular flexibility index (Phi) is 97.8. The van der Waals surface area contributed by atoms with Crippen molar-refractivity contribution < 1.29 is 107 Å². The molecule has 0 N–H and O–H groups in total. The van der Waals surface area contributed by atoms with E-state index in [2.05, 4.69) is 0 Å². The predicted molar refractivity (Wildman–Crippen MR) is 9.71 cm³/mol. The summed E-state index contributed by atoms with van der Waals surface area (Å²) in [6.45, 7) is 0. The zero-order chi connectivity index (χ0) is 0. The van der Waals surface area contributed by atoms with Crippen LogP contribution in [-0.4, -0.2) is 0 Å². The van der Waals surface area contributed by atoms with Crippen molar-refractivity contribution in [2.75, 3.05) is 0 Å². The zero-order valence-corrected chi connectivity index (χ0v) is 9.76. The molecule has 0 saturated carbocycles. The molecular weight excluding hydrogens is 290 g/mol. The molecule has 0 nitrogen and oxygen atoms in total. The third-order valence-corrected chi connectivity index (χ3v) is 0. The van der Waals surface area contributed by atoms with E-state index in [-0.39, 0.29) is 117 Å². The average Bonchev–Trinajstić information content (AvgIpc) is 0. The van der Waals surface area contributed by atoms with Crippen molar-refractivity contribution in [2.45, 2.75) is 0 Å². The summed E-state index contributed by atoms with van der Waals surface area (Å²) in [5.41, 5.74) is 0. The SMILES string of the molecule is [K+].[PH2-].[Tm].[V]. The van der Waals surface area contributed by atoms with Gasteiger partial charge < -0.3 is 9.90 Å². The second-order valence-electron chi connectivity index (χ2n) is 0. The first-order valence-electron chi connectivity index (χ1n) is 0. The fourth-order valence-electron chi connectivity index (χ4n) is 0. The first-order chi connectivity index (χ1) is 0. The fourth-order valence-corrected chi connectivity index (χ4v) is 0. The largest absolute Gasteiger partial charge is 1.00 e. The Balaban J connectivity index is 0. The van der Waals surface area contributed by atoms with E-state index < -0.39 is 0 Å². The maximum absolute atomic E-state index is 0. The van der Waals surface area contributed by atoms with Crippen molar-refractivity contribution in [3.8, 4) is 0 Å². The van der Waals surface area contributed by atoms with Crippen LogP contribution in [0.25, 0.3) is 0 Å². The van der Waals surface area contributed by atoms with Crippen LogP contribution in [0.3, 0.4) is 0 Å². The summed E-state index contributed by atoms with van der Waals surface area (Å²) in [5, 5.41) is 0. The molecule has 0 heterocycles. The molecule has 0 spiro atoms. The molecule has 4 heavy (non-hydrogen) atoms. The molecule has 4 heteroatoms. The van der Waals surface area contributed by atoms with Gasteiger partial charge in [-0.3, -0.25) is 0 Å². The van der Waals surface area contributed by atoms with Gasteiger partial charge in [0.05, 0.1) is 0 Å². The number of hydrogen-bond acceptors (Lipinski definition) is 0. The van der Waals surface area contributed by atoms with E-state index in [0.717, 1.165) is 0 Å². The molecule has 0 aliphatic rings. The number of hydrogen-bond donors (Lipinski definition) is 0. The smallest absolute Gasteiger partial charge is 0.577 e. The summed E-state index contributed by atoms with van der Waals surface area (Å²) < 4.78 is 0. The molecule has 0 aromatic heterocycles. The zero-order valence-electron chi connectivity index (χ0n) is 2.30. The molecule has 0 amide bonds. The molecular formula is H2KPTmV. The Labute approximate surface area is 113 Å². The third-order valence-electron chi connectivity index (χ3n) is 0. The van der Waals surface area contributed by atoms with Crippen LogP contribution in [0.2, 0.25) is 0 Å². The van der Waals surface area contributed by atoms with E-state index in [1.165, 1.54) is 0 Å². The van der Waals surface area contributed by atoms with Crippen LogP contribution in [0.4, 0.5) is 0 Å². The van der Waals surface area contributed by atoms with E-state index in [4.69, 9.17) is 0 Å². The van der Waals surface area contributed by atoms with Crippen LogP contribution in [0.15, 0.2) is 0 Å². The van der Waals surface area contributed by atoms with Gasteiger partial charge in [0.1, 0.15) is 0 Å². The first kappa shape index (κ1) is 24.8. The Hall–Kier alpha value is 3.88. The van der Waals surface area contributed by atoms with Gasteiger partial charge in [-0.25, -0.2) is 0 Å². The Morgan fingerprint density at radius 1 is 1.00 bits per heavy atom. The molecule has 0 aromatic rings. The van der Waals surface area contributed by atoms with Gasteiger partial charge in [0.25, 0.3) is 0 Å². The van der Waals surface area contributed by atoms with Crippen LogP contribution in [-0.2, 0) is 18.6 Å². The topological polar surface area (TPSA) is 0 Å². The van der Waals surface area contributed by atoms with Gasteiger partial charge in [0.15, 0.2) is 0 Å².